The smallest absolute Gasteiger partial charge is 0.305 e. The number of carboxylic acids is 1. The van der Waals surface area contributed by atoms with Crippen LogP contribution in [0.1, 0.15) is 30.9 Å². The van der Waals surface area contributed by atoms with Gasteiger partial charge < -0.3 is 10.4 Å². The minimum atomic E-state index is -3.11. The van der Waals surface area contributed by atoms with Crippen molar-refractivity contribution in [1.29, 1.82) is 0 Å². The van der Waals surface area contributed by atoms with Gasteiger partial charge in [0.2, 0.25) is 5.91 Å². The average molecular weight is 392 g/mol. The van der Waals surface area contributed by atoms with Crippen LogP contribution in [0.5, 0.6) is 0 Å². The Balaban J connectivity index is 2.69. The molecule has 1 unspecified atom stereocenters. The highest BCUT2D eigenvalue weighted by Crippen LogP contribution is 2.21. The summed E-state index contributed by atoms with van der Waals surface area (Å²) in [6, 6.07) is 6.37. The zero-order valence-electron chi connectivity index (χ0n) is 12.1. The van der Waals surface area contributed by atoms with Crippen LogP contribution in [0.4, 0.5) is 0 Å². The predicted molar refractivity (Wildman–Crippen MR) is 86.2 cm³/mol. The molecular weight excluding hydrogens is 374 g/mol. The van der Waals surface area contributed by atoms with Crippen LogP contribution in [-0.2, 0) is 19.4 Å². The van der Waals surface area contributed by atoms with Crippen molar-refractivity contribution >= 4 is 37.6 Å². The molecule has 1 atom stereocenters. The van der Waals surface area contributed by atoms with Crippen LogP contribution in [0.3, 0.4) is 0 Å². The summed E-state index contributed by atoms with van der Waals surface area (Å²) in [6.07, 6.45) is 1.12. The number of sulfone groups is 1. The van der Waals surface area contributed by atoms with Crippen LogP contribution >= 0.6 is 15.9 Å². The number of benzene rings is 1. The van der Waals surface area contributed by atoms with E-state index in [0.29, 0.717) is 5.56 Å². The largest absolute Gasteiger partial charge is 0.481 e. The number of carbonyl (C=O) groups excluding carboxylic acids is 1. The van der Waals surface area contributed by atoms with Gasteiger partial charge in [-0.2, -0.15) is 0 Å². The van der Waals surface area contributed by atoms with Crippen molar-refractivity contribution < 1.29 is 23.1 Å². The van der Waals surface area contributed by atoms with E-state index in [0.717, 1.165) is 10.7 Å². The van der Waals surface area contributed by atoms with Gasteiger partial charge in [-0.05, 0) is 24.1 Å². The van der Waals surface area contributed by atoms with Gasteiger partial charge in [0, 0.05) is 17.1 Å². The van der Waals surface area contributed by atoms with Gasteiger partial charge in [-0.3, -0.25) is 9.59 Å². The highest BCUT2D eigenvalue weighted by molar-refractivity contribution is 9.10. The van der Waals surface area contributed by atoms with Crippen molar-refractivity contribution in [2.45, 2.75) is 25.3 Å². The molecular formula is C14H18BrNO5S. The molecule has 1 aromatic carbocycles. The summed E-state index contributed by atoms with van der Waals surface area (Å²) in [6.45, 7) is 0. The Hall–Kier alpha value is -1.41. The second kappa shape index (κ2) is 8.28. The van der Waals surface area contributed by atoms with E-state index in [-0.39, 0.29) is 30.9 Å². The summed E-state index contributed by atoms with van der Waals surface area (Å²) >= 11 is 3.30. The molecule has 0 aliphatic rings. The van der Waals surface area contributed by atoms with E-state index in [2.05, 4.69) is 21.2 Å². The number of carbonyl (C=O) groups is 2. The van der Waals surface area contributed by atoms with Gasteiger partial charge in [0.05, 0.1) is 18.2 Å². The predicted octanol–water partition coefficient (Wildman–Crippen LogP) is 1.91. The number of amides is 1. The average Bonchev–Trinajstić information content (AvgIpc) is 2.35. The molecule has 0 aliphatic carbocycles. The summed E-state index contributed by atoms with van der Waals surface area (Å²) in [5.41, 5.74) is 0.674. The second-order valence-electron chi connectivity index (χ2n) is 5.01. The maximum Gasteiger partial charge on any atom is 0.305 e. The number of aliphatic carboxylic acids is 1. The molecule has 0 saturated heterocycles. The third kappa shape index (κ3) is 7.56. The van der Waals surface area contributed by atoms with E-state index >= 15 is 0 Å². The molecule has 1 aromatic rings. The first-order valence-corrected chi connectivity index (χ1v) is 9.47. The number of nitrogens with one attached hydrogen (secondary N) is 1. The maximum atomic E-state index is 11.9. The molecule has 0 fully saturated rings. The molecule has 0 aromatic heterocycles. The van der Waals surface area contributed by atoms with Gasteiger partial charge in [-0.25, -0.2) is 8.42 Å². The van der Waals surface area contributed by atoms with Crippen molar-refractivity contribution in [3.63, 3.8) is 0 Å². The SMILES string of the molecule is CS(=O)(=O)CCCC(=O)NC(CC(=O)O)c1cccc(Br)c1. The molecule has 22 heavy (non-hydrogen) atoms. The van der Waals surface area contributed by atoms with Crippen molar-refractivity contribution in [3.8, 4) is 0 Å². The van der Waals surface area contributed by atoms with E-state index in [1.807, 2.05) is 0 Å². The Morgan fingerprint density at radius 2 is 2.05 bits per heavy atom. The van der Waals surface area contributed by atoms with Crippen molar-refractivity contribution in [2.75, 3.05) is 12.0 Å². The molecule has 0 aliphatic heterocycles. The lowest BCUT2D eigenvalue weighted by Crippen LogP contribution is -2.30. The lowest BCUT2D eigenvalue weighted by atomic mass is 10.0. The number of rotatable bonds is 8. The number of halogens is 1. The van der Waals surface area contributed by atoms with Crippen LogP contribution in [0, 0.1) is 0 Å². The van der Waals surface area contributed by atoms with E-state index < -0.39 is 21.8 Å². The standard InChI is InChI=1S/C14H18BrNO5S/c1-22(20,21)7-3-6-13(17)16-12(9-14(18)19)10-4-2-5-11(15)8-10/h2,4-5,8,12H,3,6-7,9H2,1H3,(H,16,17)(H,18,19). The quantitative estimate of drug-likeness (QED) is 0.704. The zero-order valence-corrected chi connectivity index (χ0v) is 14.5. The van der Waals surface area contributed by atoms with Crippen molar-refractivity contribution in [1.82, 2.24) is 5.32 Å². The molecule has 0 heterocycles. The Morgan fingerprint density at radius 1 is 1.36 bits per heavy atom. The van der Waals surface area contributed by atoms with Gasteiger partial charge in [-0.1, -0.05) is 28.1 Å². The Labute approximate surface area is 138 Å². The second-order valence-corrected chi connectivity index (χ2v) is 8.18. The van der Waals surface area contributed by atoms with Crippen LogP contribution in [-0.4, -0.2) is 37.4 Å². The Kier molecular flexibility index (Phi) is 7.02. The maximum absolute atomic E-state index is 11.9. The summed E-state index contributed by atoms with van der Waals surface area (Å²) in [5.74, 6) is -1.46. The molecule has 0 bridgehead atoms. The van der Waals surface area contributed by atoms with Gasteiger partial charge in [0.1, 0.15) is 9.84 Å². The molecule has 0 saturated carbocycles. The van der Waals surface area contributed by atoms with E-state index in [4.69, 9.17) is 5.11 Å². The molecule has 0 spiro atoms. The lowest BCUT2D eigenvalue weighted by molar-refractivity contribution is -0.137. The topological polar surface area (TPSA) is 101 Å². The number of hydrogen-bond donors (Lipinski definition) is 2. The fraction of sp³-hybridized carbons (Fsp3) is 0.429. The molecule has 1 rings (SSSR count). The molecule has 8 heteroatoms. The molecule has 6 nitrogen and oxygen atoms in total. The molecule has 2 N–H and O–H groups in total. The van der Waals surface area contributed by atoms with Crippen molar-refractivity contribution in [2.24, 2.45) is 0 Å². The van der Waals surface area contributed by atoms with Crippen LogP contribution in [0.2, 0.25) is 0 Å². The molecule has 0 radical (unpaired) electrons. The van der Waals surface area contributed by atoms with Crippen LogP contribution in [0.25, 0.3) is 0 Å². The van der Waals surface area contributed by atoms with Gasteiger partial charge in [0.15, 0.2) is 0 Å². The Bertz CT molecular complexity index is 644. The Morgan fingerprint density at radius 3 is 2.59 bits per heavy atom. The number of hydrogen-bond acceptors (Lipinski definition) is 4. The summed E-state index contributed by atoms with van der Waals surface area (Å²) in [4.78, 5) is 22.8. The van der Waals surface area contributed by atoms with Gasteiger partial charge in [0.25, 0.3) is 0 Å². The first kappa shape index (κ1) is 18.6. The highest BCUT2D eigenvalue weighted by Gasteiger charge is 2.18. The minimum Gasteiger partial charge on any atom is -0.481 e. The monoisotopic (exact) mass is 391 g/mol. The summed E-state index contributed by atoms with van der Waals surface area (Å²) < 4.78 is 22.8. The molecule has 122 valence electrons. The van der Waals surface area contributed by atoms with Gasteiger partial charge >= 0.3 is 5.97 Å². The number of carboxylic acid groups (broad SMARTS) is 1. The minimum absolute atomic E-state index is 0.0389. The lowest BCUT2D eigenvalue weighted by Gasteiger charge is -2.17. The van der Waals surface area contributed by atoms with Crippen LogP contribution < -0.4 is 5.32 Å². The van der Waals surface area contributed by atoms with E-state index in [9.17, 15) is 18.0 Å². The van der Waals surface area contributed by atoms with Crippen molar-refractivity contribution in [3.05, 3.63) is 34.3 Å². The fourth-order valence-electron chi connectivity index (χ4n) is 1.91. The first-order valence-electron chi connectivity index (χ1n) is 6.62. The fourth-order valence-corrected chi connectivity index (χ4v) is 3.00. The summed E-state index contributed by atoms with van der Waals surface area (Å²) in [5, 5.41) is 11.6. The van der Waals surface area contributed by atoms with Crippen LogP contribution in [0.15, 0.2) is 28.7 Å². The van der Waals surface area contributed by atoms with Gasteiger partial charge in [-0.15, -0.1) is 0 Å². The highest BCUT2D eigenvalue weighted by atomic mass is 79.9. The van der Waals surface area contributed by atoms with E-state index in [1.54, 1.807) is 24.3 Å². The third-order valence-electron chi connectivity index (χ3n) is 2.88. The first-order chi connectivity index (χ1) is 10.2. The summed E-state index contributed by atoms with van der Waals surface area (Å²) in [7, 11) is -3.11. The zero-order chi connectivity index (χ0) is 16.8. The van der Waals surface area contributed by atoms with E-state index in [1.165, 1.54) is 0 Å². The third-order valence-corrected chi connectivity index (χ3v) is 4.41. The normalized spacial score (nSPS) is 12.6. The molecule has 1 amide bonds.